The van der Waals surface area contributed by atoms with E-state index in [4.69, 9.17) is 17.2 Å². The first-order chi connectivity index (χ1) is 33.6. The number of fused-ring (bicyclic) bond motifs is 1. The smallest absolute Gasteiger partial charge is 0.326 e. The van der Waals surface area contributed by atoms with Crippen LogP contribution in [0.5, 0.6) is 0 Å². The highest BCUT2D eigenvalue weighted by Gasteiger charge is 2.31. The Morgan fingerprint density at radius 2 is 1.32 bits per heavy atom. The van der Waals surface area contributed by atoms with Crippen molar-refractivity contribution in [3.63, 3.8) is 0 Å². The number of rotatable bonds is 28. The van der Waals surface area contributed by atoms with E-state index < -0.39 is 71.7 Å². The van der Waals surface area contributed by atoms with E-state index >= 15 is 0 Å². The van der Waals surface area contributed by atoms with Crippen molar-refractivity contribution in [1.29, 1.82) is 0 Å². The van der Waals surface area contributed by atoms with E-state index in [1.165, 1.54) is 18.3 Å². The first kappa shape index (κ1) is 56.1. The van der Waals surface area contributed by atoms with Gasteiger partial charge < -0.3 is 64.2 Å². The number of aliphatic carboxylic acids is 2. The molecule has 23 heteroatoms. The van der Waals surface area contributed by atoms with Crippen molar-refractivity contribution < 1.29 is 43.8 Å². The van der Waals surface area contributed by atoms with Crippen molar-refractivity contribution in [3.05, 3.63) is 77.6 Å². The number of benzene rings is 2. The lowest BCUT2D eigenvalue weighted by Crippen LogP contribution is -2.58. The molecule has 384 valence electrons. The molecule has 0 saturated carbocycles. The van der Waals surface area contributed by atoms with Gasteiger partial charge in [-0.2, -0.15) is 9.97 Å². The minimum atomic E-state index is -1.37. The Balaban J connectivity index is 1.24. The van der Waals surface area contributed by atoms with Gasteiger partial charge in [0, 0.05) is 43.2 Å². The molecule has 0 spiro atoms. The Morgan fingerprint density at radius 3 is 1.97 bits per heavy atom. The summed E-state index contributed by atoms with van der Waals surface area (Å²) >= 11 is 0. The maximum Gasteiger partial charge on any atom is 0.326 e. The van der Waals surface area contributed by atoms with Gasteiger partial charge in [0.1, 0.15) is 24.2 Å². The first-order valence-corrected chi connectivity index (χ1v) is 23.5. The number of anilines is 3. The van der Waals surface area contributed by atoms with Crippen LogP contribution in [0, 0.1) is 0 Å². The second-order valence-corrected chi connectivity index (χ2v) is 18.3. The third-order valence-electron chi connectivity index (χ3n) is 11.1. The normalized spacial score (nSPS) is 13.4. The molecule has 0 radical (unpaired) electrons. The number of nitrogens with two attached hydrogens (primary N) is 3. The van der Waals surface area contributed by atoms with Gasteiger partial charge in [0.2, 0.25) is 29.6 Å². The number of carbonyl (C=O) groups excluding carboxylic acids is 5. The van der Waals surface area contributed by atoms with E-state index in [9.17, 15) is 43.8 Å². The van der Waals surface area contributed by atoms with Crippen LogP contribution in [0.2, 0.25) is 0 Å². The van der Waals surface area contributed by atoms with E-state index in [0.29, 0.717) is 43.6 Å². The fourth-order valence-corrected chi connectivity index (χ4v) is 7.46. The van der Waals surface area contributed by atoms with Crippen molar-refractivity contribution >= 4 is 70.1 Å². The van der Waals surface area contributed by atoms with Gasteiger partial charge in [-0.15, -0.1) is 0 Å². The van der Waals surface area contributed by atoms with Crippen LogP contribution in [0.1, 0.15) is 101 Å². The molecule has 0 aliphatic rings. The van der Waals surface area contributed by atoms with E-state index in [-0.39, 0.29) is 73.6 Å². The number of hydrogen-bond donors (Lipinski definition) is 11. The van der Waals surface area contributed by atoms with E-state index in [1.54, 1.807) is 26.1 Å². The average Bonchev–Trinajstić information content (AvgIpc) is 3.31. The number of nitrogen functional groups attached to an aromatic ring is 2. The van der Waals surface area contributed by atoms with Crippen LogP contribution in [0.4, 0.5) is 17.5 Å². The molecule has 2 heterocycles. The maximum absolute atomic E-state index is 13.8. The van der Waals surface area contributed by atoms with Crippen LogP contribution in [-0.2, 0) is 41.7 Å². The lowest BCUT2D eigenvalue weighted by atomic mass is 10.0. The molecule has 0 fully saturated rings. The van der Waals surface area contributed by atoms with Gasteiger partial charge in [-0.05, 0) is 109 Å². The first-order valence-electron chi connectivity index (χ1n) is 23.5. The number of nitrogens with zero attached hydrogens (tertiary/aromatic N) is 5. The predicted molar refractivity (Wildman–Crippen MR) is 266 cm³/mol. The zero-order valence-electron chi connectivity index (χ0n) is 40.9. The molecular formula is C48H68N14O9. The van der Waals surface area contributed by atoms with Crippen LogP contribution in [0.25, 0.3) is 11.2 Å². The highest BCUT2D eigenvalue weighted by molar-refractivity contribution is 5.97. The predicted octanol–water partition coefficient (Wildman–Crippen LogP) is 1.16. The molecule has 71 heavy (non-hydrogen) atoms. The second-order valence-electron chi connectivity index (χ2n) is 18.3. The minimum Gasteiger partial charge on any atom is -0.480 e. The summed E-state index contributed by atoms with van der Waals surface area (Å²) in [5, 5.41) is 36.3. The lowest BCUT2D eigenvalue weighted by Gasteiger charge is -2.28. The van der Waals surface area contributed by atoms with E-state index in [1.807, 2.05) is 56.0 Å². The van der Waals surface area contributed by atoms with Gasteiger partial charge in [-0.3, -0.25) is 24.0 Å². The van der Waals surface area contributed by atoms with Gasteiger partial charge in [0.25, 0.3) is 5.91 Å². The molecule has 2 aromatic heterocycles. The second kappa shape index (κ2) is 27.0. The summed E-state index contributed by atoms with van der Waals surface area (Å²) < 4.78 is 0. The molecule has 0 bridgehead atoms. The zero-order valence-corrected chi connectivity index (χ0v) is 40.9. The van der Waals surface area contributed by atoms with E-state index in [2.05, 4.69) is 51.8 Å². The van der Waals surface area contributed by atoms with Crippen LogP contribution >= 0.6 is 0 Å². The summed E-state index contributed by atoms with van der Waals surface area (Å²) in [6.07, 6.45) is 3.00. The van der Waals surface area contributed by atoms with Crippen LogP contribution < -0.4 is 54.0 Å². The van der Waals surface area contributed by atoms with Crippen molar-refractivity contribution in [3.8, 4) is 0 Å². The number of carboxylic acids is 2. The number of nitrogens with one attached hydrogen (secondary N) is 6. The van der Waals surface area contributed by atoms with Gasteiger partial charge in [-0.25, -0.2) is 19.6 Å². The Morgan fingerprint density at radius 1 is 0.718 bits per heavy atom. The highest BCUT2D eigenvalue weighted by Crippen LogP contribution is 2.19. The van der Waals surface area contributed by atoms with Crippen molar-refractivity contribution in [2.75, 3.05) is 36.5 Å². The largest absolute Gasteiger partial charge is 0.480 e. The molecule has 4 rings (SSSR count). The standard InChI is InChI=1S/C48H68N14O9/c1-28(61-48(2,3)4)41(64)58-36(25-29-13-7-6-8-14-29)44(67)55-33(15-9-11-23-49)43(66)57-34(45(68)69)16-10-12-24-52-37(63)22-21-35(46(70)71)56-42(65)30-17-19-32(20-18-30)62(5)27-31-26-53-40-38(54-31)39(50)59-47(51)60-40/h6-8,13-14,17-20,26,28,33-36,61H,9-12,15-16,21-25,27,49H2,1-5H3,(H,52,63)(H,55,67)(H,56,65)(H,57,66)(H,58,64)(H,68,69)(H,70,71)(H4,50,51,53,59,60). The summed E-state index contributed by atoms with van der Waals surface area (Å²) in [5.41, 5.74) is 19.7. The molecule has 14 N–H and O–H groups in total. The van der Waals surface area contributed by atoms with Crippen LogP contribution in [0.15, 0.2) is 60.8 Å². The third-order valence-corrected chi connectivity index (χ3v) is 11.1. The van der Waals surface area contributed by atoms with Crippen LogP contribution in [0.3, 0.4) is 0 Å². The molecule has 23 nitrogen and oxygen atoms in total. The topological polar surface area (TPSA) is 365 Å². The number of amides is 5. The van der Waals surface area contributed by atoms with Crippen LogP contribution in [-0.4, -0.2) is 128 Å². The Kier molecular flexibility index (Phi) is 21.3. The van der Waals surface area contributed by atoms with Gasteiger partial charge in [0.05, 0.1) is 24.5 Å². The number of unbranched alkanes of at least 4 members (excludes halogenated alkanes) is 2. The zero-order chi connectivity index (χ0) is 52.3. The molecule has 5 unspecified atom stereocenters. The van der Waals surface area contributed by atoms with E-state index in [0.717, 1.165) is 11.3 Å². The molecular weight excluding hydrogens is 917 g/mol. The van der Waals surface area contributed by atoms with Gasteiger partial charge >= 0.3 is 11.9 Å². The fraction of sp³-hybridized carbons (Fsp3) is 0.479. The van der Waals surface area contributed by atoms with Crippen molar-refractivity contribution in [2.24, 2.45) is 5.73 Å². The lowest BCUT2D eigenvalue weighted by molar-refractivity contribution is -0.142. The molecule has 4 aromatic rings. The Bertz CT molecular complexity index is 2450. The Hall–Kier alpha value is -7.53. The monoisotopic (exact) mass is 985 g/mol. The summed E-state index contributed by atoms with van der Waals surface area (Å²) in [5.74, 6) is -5.41. The minimum absolute atomic E-state index is 0.00304. The number of hydrogen-bond acceptors (Lipinski definition) is 16. The highest BCUT2D eigenvalue weighted by atomic mass is 16.4. The SMILES string of the molecule is CC(NC(C)(C)C)C(=O)NC(Cc1ccccc1)C(=O)NC(CCCCN)C(=O)NC(CCCCNC(=O)CCC(NC(=O)c1ccc(N(C)Cc2cnc3nc(N)nc(N)c3n2)cc1)C(=O)O)C(=O)O. The summed E-state index contributed by atoms with van der Waals surface area (Å²) in [7, 11) is 1.80. The molecule has 5 atom stereocenters. The summed E-state index contributed by atoms with van der Waals surface area (Å²) in [6.45, 7) is 8.20. The molecule has 0 aliphatic heterocycles. The maximum atomic E-state index is 13.8. The molecule has 2 aromatic carbocycles. The fourth-order valence-electron chi connectivity index (χ4n) is 7.46. The Labute approximate surface area is 412 Å². The number of aromatic nitrogens is 4. The number of carboxylic acid groups (broad SMARTS) is 2. The molecule has 0 aliphatic carbocycles. The number of carbonyl (C=O) groups is 7. The van der Waals surface area contributed by atoms with Gasteiger partial charge in [0.15, 0.2) is 17.0 Å². The van der Waals surface area contributed by atoms with Crippen molar-refractivity contribution in [1.82, 2.24) is 51.8 Å². The molecule has 5 amide bonds. The summed E-state index contributed by atoms with van der Waals surface area (Å²) in [6, 6.07) is 9.98. The average molecular weight is 985 g/mol. The third kappa shape index (κ3) is 18.7. The van der Waals surface area contributed by atoms with Gasteiger partial charge in [-0.1, -0.05) is 30.3 Å². The quantitative estimate of drug-likeness (QED) is 0.0356. The molecule has 0 saturated heterocycles. The summed E-state index contributed by atoms with van der Waals surface area (Å²) in [4.78, 5) is 109. The van der Waals surface area contributed by atoms with Crippen molar-refractivity contribution in [2.45, 2.75) is 128 Å².